The fraction of sp³-hybridized carbons (Fsp3) is 0.567. The van der Waals surface area contributed by atoms with Gasteiger partial charge in [-0.2, -0.15) is 0 Å². The number of carboxylic acid groups (broad SMARTS) is 1. The van der Waals surface area contributed by atoms with Crippen LogP contribution in [0.4, 0.5) is 4.39 Å². The molecule has 0 aromatic heterocycles. The number of likely N-dealkylation sites (tertiary alicyclic amines) is 1. The SMILES string of the molecule is CC(C)C(NC1CC(CN2CCC(CCS(=O)(=O)c3ccc(F)cc3)CC2)C(c2ccccc2)C1)C(=O)O. The van der Waals surface area contributed by atoms with E-state index in [0.717, 1.165) is 45.3 Å². The second-order valence-electron chi connectivity index (χ2n) is 11.5. The lowest BCUT2D eigenvalue weighted by atomic mass is 9.87. The number of hydrogen-bond acceptors (Lipinski definition) is 5. The molecule has 2 fully saturated rings. The van der Waals surface area contributed by atoms with Gasteiger partial charge in [-0.3, -0.25) is 4.79 Å². The second kappa shape index (κ2) is 12.7. The van der Waals surface area contributed by atoms with E-state index in [4.69, 9.17) is 0 Å². The Bertz CT molecular complexity index is 1150. The Hall–Kier alpha value is -2.29. The molecule has 1 heterocycles. The summed E-state index contributed by atoms with van der Waals surface area (Å²) in [6, 6.07) is 15.3. The number of nitrogens with zero attached hydrogens (tertiary/aromatic N) is 1. The van der Waals surface area contributed by atoms with Gasteiger partial charge in [0.2, 0.25) is 0 Å². The van der Waals surface area contributed by atoms with Gasteiger partial charge in [0, 0.05) is 12.6 Å². The summed E-state index contributed by atoms with van der Waals surface area (Å²) in [5.74, 6) is 0.0795. The molecular weight excluding hydrogens is 503 g/mol. The minimum Gasteiger partial charge on any atom is -0.480 e. The number of aliphatic carboxylic acids is 1. The maximum absolute atomic E-state index is 13.2. The Morgan fingerprint density at radius 1 is 1.05 bits per heavy atom. The molecule has 4 rings (SSSR count). The lowest BCUT2D eigenvalue weighted by Crippen LogP contribution is -2.46. The van der Waals surface area contributed by atoms with E-state index in [2.05, 4.69) is 34.5 Å². The predicted molar refractivity (Wildman–Crippen MR) is 147 cm³/mol. The monoisotopic (exact) mass is 544 g/mol. The first kappa shape index (κ1) is 28.7. The zero-order chi connectivity index (χ0) is 27.3. The minimum atomic E-state index is -3.40. The van der Waals surface area contributed by atoms with Crippen LogP contribution in [0.2, 0.25) is 0 Å². The molecule has 1 aliphatic heterocycles. The number of rotatable bonds is 11. The summed E-state index contributed by atoms with van der Waals surface area (Å²) in [4.78, 5) is 14.5. The Morgan fingerprint density at radius 2 is 1.71 bits per heavy atom. The average Bonchev–Trinajstić information content (AvgIpc) is 3.29. The molecule has 1 aliphatic carbocycles. The number of hydrogen-bond donors (Lipinski definition) is 2. The van der Waals surface area contributed by atoms with Crippen molar-refractivity contribution < 1.29 is 22.7 Å². The number of benzene rings is 2. The Labute approximate surface area is 226 Å². The van der Waals surface area contributed by atoms with Gasteiger partial charge in [-0.15, -0.1) is 0 Å². The molecular formula is C30H41FN2O4S. The summed E-state index contributed by atoms with van der Waals surface area (Å²) in [6.07, 6.45) is 4.45. The van der Waals surface area contributed by atoms with E-state index in [1.54, 1.807) is 0 Å². The van der Waals surface area contributed by atoms with Gasteiger partial charge in [0.15, 0.2) is 9.84 Å². The molecule has 2 aromatic rings. The van der Waals surface area contributed by atoms with Gasteiger partial charge in [-0.05, 0) is 98.7 Å². The number of carboxylic acids is 1. The molecule has 8 heteroatoms. The lowest BCUT2D eigenvalue weighted by Gasteiger charge is -2.35. The smallest absolute Gasteiger partial charge is 0.320 e. The van der Waals surface area contributed by atoms with E-state index >= 15 is 0 Å². The molecule has 1 saturated heterocycles. The molecule has 208 valence electrons. The summed E-state index contributed by atoms with van der Waals surface area (Å²) in [5.41, 5.74) is 1.32. The highest BCUT2D eigenvalue weighted by Gasteiger charge is 2.38. The molecule has 6 nitrogen and oxygen atoms in total. The van der Waals surface area contributed by atoms with Gasteiger partial charge in [-0.1, -0.05) is 44.2 Å². The maximum atomic E-state index is 13.2. The molecule has 0 amide bonds. The maximum Gasteiger partial charge on any atom is 0.320 e. The number of sulfone groups is 1. The number of piperidine rings is 1. The van der Waals surface area contributed by atoms with Crippen molar-refractivity contribution in [1.82, 2.24) is 10.2 Å². The summed E-state index contributed by atoms with van der Waals surface area (Å²) < 4.78 is 38.5. The van der Waals surface area contributed by atoms with E-state index in [-0.39, 0.29) is 22.6 Å². The Kier molecular flexibility index (Phi) is 9.60. The second-order valence-corrected chi connectivity index (χ2v) is 13.6. The standard InChI is InChI=1S/C30H41FN2O4S/c1-21(2)29(30(34)35)32-26-18-24(28(19-26)23-6-4-3-5-7-23)20-33-15-12-22(13-16-33)14-17-38(36,37)27-10-8-25(31)9-11-27/h3-11,21-22,24,26,28-29,32H,12-20H2,1-2H3,(H,34,35). The van der Waals surface area contributed by atoms with Crippen LogP contribution in [-0.2, 0) is 14.6 Å². The van der Waals surface area contributed by atoms with Crippen molar-refractivity contribution in [3.8, 4) is 0 Å². The van der Waals surface area contributed by atoms with Crippen LogP contribution in [0.3, 0.4) is 0 Å². The zero-order valence-electron chi connectivity index (χ0n) is 22.4. The topological polar surface area (TPSA) is 86.7 Å². The summed E-state index contributed by atoms with van der Waals surface area (Å²) >= 11 is 0. The van der Waals surface area contributed by atoms with Crippen LogP contribution in [-0.4, -0.2) is 61.9 Å². The van der Waals surface area contributed by atoms with Crippen molar-refractivity contribution in [3.05, 3.63) is 66.0 Å². The highest BCUT2D eigenvalue weighted by atomic mass is 32.2. The first-order chi connectivity index (χ1) is 18.1. The molecule has 1 saturated carbocycles. The summed E-state index contributed by atoms with van der Waals surface area (Å²) in [5, 5.41) is 13.1. The first-order valence-corrected chi connectivity index (χ1v) is 15.5. The van der Waals surface area contributed by atoms with Crippen LogP contribution in [0.25, 0.3) is 0 Å². The van der Waals surface area contributed by atoms with Crippen molar-refractivity contribution >= 4 is 15.8 Å². The van der Waals surface area contributed by atoms with Gasteiger partial charge >= 0.3 is 5.97 Å². The highest BCUT2D eigenvalue weighted by molar-refractivity contribution is 7.91. The van der Waals surface area contributed by atoms with Crippen molar-refractivity contribution in [2.24, 2.45) is 17.8 Å². The van der Waals surface area contributed by atoms with Crippen molar-refractivity contribution in [3.63, 3.8) is 0 Å². The molecule has 0 bridgehead atoms. The summed E-state index contributed by atoms with van der Waals surface area (Å²) in [6.45, 7) is 6.75. The van der Waals surface area contributed by atoms with E-state index in [0.29, 0.717) is 24.2 Å². The zero-order valence-corrected chi connectivity index (χ0v) is 23.2. The Balaban J connectivity index is 1.32. The molecule has 4 unspecified atom stereocenters. The minimum absolute atomic E-state index is 0.0209. The van der Waals surface area contributed by atoms with Gasteiger partial charge < -0.3 is 15.3 Å². The van der Waals surface area contributed by atoms with Crippen LogP contribution in [0.5, 0.6) is 0 Å². The van der Waals surface area contributed by atoms with Crippen LogP contribution >= 0.6 is 0 Å². The van der Waals surface area contributed by atoms with E-state index in [1.165, 1.54) is 29.8 Å². The first-order valence-electron chi connectivity index (χ1n) is 13.9. The van der Waals surface area contributed by atoms with Crippen LogP contribution in [0.1, 0.15) is 57.4 Å². The van der Waals surface area contributed by atoms with Gasteiger partial charge in [-0.25, -0.2) is 12.8 Å². The molecule has 2 N–H and O–H groups in total. The van der Waals surface area contributed by atoms with Crippen molar-refractivity contribution in [2.45, 2.75) is 68.8 Å². The van der Waals surface area contributed by atoms with Gasteiger partial charge in [0.05, 0.1) is 10.6 Å². The largest absolute Gasteiger partial charge is 0.480 e. The van der Waals surface area contributed by atoms with Gasteiger partial charge in [0.25, 0.3) is 0 Å². The predicted octanol–water partition coefficient (Wildman–Crippen LogP) is 4.96. The molecule has 4 atom stereocenters. The van der Waals surface area contributed by atoms with Crippen LogP contribution in [0.15, 0.2) is 59.5 Å². The highest BCUT2D eigenvalue weighted by Crippen LogP contribution is 2.41. The van der Waals surface area contributed by atoms with Crippen LogP contribution in [0, 0.1) is 23.6 Å². The lowest BCUT2D eigenvalue weighted by molar-refractivity contribution is -0.140. The average molecular weight is 545 g/mol. The molecule has 2 aliphatic rings. The number of carbonyl (C=O) groups is 1. The fourth-order valence-electron chi connectivity index (χ4n) is 6.25. The molecule has 38 heavy (non-hydrogen) atoms. The normalized spacial score (nSPS) is 24.1. The summed E-state index contributed by atoms with van der Waals surface area (Å²) in [7, 11) is -3.40. The van der Waals surface area contributed by atoms with E-state index in [9.17, 15) is 22.7 Å². The Morgan fingerprint density at radius 3 is 2.32 bits per heavy atom. The third-order valence-electron chi connectivity index (χ3n) is 8.44. The van der Waals surface area contributed by atoms with E-state index < -0.39 is 27.7 Å². The van der Waals surface area contributed by atoms with Crippen molar-refractivity contribution in [2.75, 3.05) is 25.4 Å². The third kappa shape index (κ3) is 7.42. The number of nitrogens with one attached hydrogen (secondary N) is 1. The van der Waals surface area contributed by atoms with Gasteiger partial charge in [0.1, 0.15) is 11.9 Å². The van der Waals surface area contributed by atoms with Crippen molar-refractivity contribution in [1.29, 1.82) is 0 Å². The quantitative estimate of drug-likeness (QED) is 0.389. The van der Waals surface area contributed by atoms with Crippen LogP contribution < -0.4 is 5.32 Å². The molecule has 0 spiro atoms. The van der Waals surface area contributed by atoms with E-state index in [1.807, 2.05) is 19.9 Å². The molecule has 0 radical (unpaired) electrons. The fourth-order valence-corrected chi connectivity index (χ4v) is 7.68. The third-order valence-corrected chi connectivity index (χ3v) is 10.2. The number of halogens is 1. The molecule has 2 aromatic carbocycles.